The number of rotatable bonds is 4. The van der Waals surface area contributed by atoms with Gasteiger partial charge < -0.3 is 15.8 Å². The van der Waals surface area contributed by atoms with Crippen LogP contribution in [0.5, 0.6) is 0 Å². The molecule has 2 atom stereocenters. The van der Waals surface area contributed by atoms with Crippen molar-refractivity contribution in [3.63, 3.8) is 0 Å². The maximum atomic E-state index is 12.7. The van der Waals surface area contributed by atoms with Gasteiger partial charge in [0.15, 0.2) is 0 Å². The highest BCUT2D eigenvalue weighted by atomic mass is 16.6. The maximum Gasteiger partial charge on any atom is 0.338 e. The van der Waals surface area contributed by atoms with Crippen LogP contribution in [0.4, 0.5) is 11.4 Å². The molecule has 140 valence electrons. The summed E-state index contributed by atoms with van der Waals surface area (Å²) in [5.41, 5.74) is 6.24. The standard InChI is InChI=1S/C18H23N3O5/c1-26-18(23)13-7-14(9-15(8-13)21(24)25)20-17(22)12-5-10-3-2-4-11(6-12)16(10)19/h7-12,16H,2-6,19H2,1H3,(H,20,22). The molecular weight excluding hydrogens is 338 g/mol. The number of non-ortho nitro benzene ring substituents is 1. The molecule has 0 spiro atoms. The molecular formula is C18H23N3O5. The van der Waals surface area contributed by atoms with Gasteiger partial charge in [0.25, 0.3) is 5.69 Å². The Kier molecular flexibility index (Phi) is 5.22. The maximum absolute atomic E-state index is 12.7. The SMILES string of the molecule is COC(=O)c1cc(NC(=O)C2CC3CCCC(C2)C3N)cc([N+](=O)[O-])c1. The van der Waals surface area contributed by atoms with E-state index >= 15 is 0 Å². The fraction of sp³-hybridized carbons (Fsp3) is 0.556. The quantitative estimate of drug-likeness (QED) is 0.482. The average molecular weight is 361 g/mol. The zero-order valence-corrected chi connectivity index (χ0v) is 14.6. The number of ether oxygens (including phenoxy) is 1. The molecule has 0 radical (unpaired) electrons. The highest BCUT2D eigenvalue weighted by molar-refractivity contribution is 5.96. The number of amides is 1. The van der Waals surface area contributed by atoms with Crippen LogP contribution >= 0.6 is 0 Å². The lowest BCUT2D eigenvalue weighted by atomic mass is 9.65. The van der Waals surface area contributed by atoms with Gasteiger partial charge in [0.1, 0.15) is 0 Å². The van der Waals surface area contributed by atoms with Crippen LogP contribution in [0.1, 0.15) is 42.5 Å². The third kappa shape index (κ3) is 3.70. The lowest BCUT2D eigenvalue weighted by Gasteiger charge is -2.43. The smallest absolute Gasteiger partial charge is 0.338 e. The second-order valence-electron chi connectivity index (χ2n) is 7.20. The predicted octanol–water partition coefficient (Wildman–Crippen LogP) is 2.47. The molecule has 1 aromatic rings. The first-order chi connectivity index (χ1) is 12.4. The molecule has 2 bridgehead atoms. The van der Waals surface area contributed by atoms with Crippen molar-refractivity contribution >= 4 is 23.3 Å². The average Bonchev–Trinajstić information content (AvgIpc) is 2.60. The number of methoxy groups -OCH3 is 1. The minimum absolute atomic E-state index is 0.0273. The number of nitro groups is 1. The summed E-state index contributed by atoms with van der Waals surface area (Å²) < 4.78 is 4.62. The van der Waals surface area contributed by atoms with Crippen LogP contribution < -0.4 is 11.1 Å². The van der Waals surface area contributed by atoms with Crippen molar-refractivity contribution < 1.29 is 19.2 Å². The van der Waals surface area contributed by atoms with Crippen LogP contribution in [0.25, 0.3) is 0 Å². The van der Waals surface area contributed by atoms with Gasteiger partial charge in [0.2, 0.25) is 5.91 Å². The van der Waals surface area contributed by atoms with Gasteiger partial charge in [-0.3, -0.25) is 14.9 Å². The van der Waals surface area contributed by atoms with Crippen molar-refractivity contribution in [1.82, 2.24) is 0 Å². The molecule has 0 aliphatic heterocycles. The Morgan fingerprint density at radius 2 is 1.88 bits per heavy atom. The summed E-state index contributed by atoms with van der Waals surface area (Å²) in [6.45, 7) is 0. The van der Waals surface area contributed by atoms with E-state index in [4.69, 9.17) is 5.73 Å². The van der Waals surface area contributed by atoms with Gasteiger partial charge in [0.05, 0.1) is 17.6 Å². The molecule has 8 heteroatoms. The number of carbonyl (C=O) groups is 2. The molecule has 2 saturated carbocycles. The number of hydrogen-bond donors (Lipinski definition) is 2. The number of anilines is 1. The highest BCUT2D eigenvalue weighted by Crippen LogP contribution is 2.42. The van der Waals surface area contributed by atoms with Gasteiger partial charge in [-0.05, 0) is 43.6 Å². The van der Waals surface area contributed by atoms with Gasteiger partial charge >= 0.3 is 5.97 Å². The normalized spacial score (nSPS) is 27.5. The van der Waals surface area contributed by atoms with Crippen molar-refractivity contribution in [1.29, 1.82) is 0 Å². The van der Waals surface area contributed by atoms with Crippen molar-refractivity contribution in [2.45, 2.75) is 38.1 Å². The first-order valence-corrected chi connectivity index (χ1v) is 8.83. The van der Waals surface area contributed by atoms with Gasteiger partial charge in [-0.1, -0.05) is 6.42 Å². The van der Waals surface area contributed by atoms with E-state index in [2.05, 4.69) is 10.1 Å². The largest absolute Gasteiger partial charge is 0.465 e. The number of hydrogen-bond acceptors (Lipinski definition) is 6. The van der Waals surface area contributed by atoms with E-state index in [1.54, 1.807) is 0 Å². The Labute approximate surface area is 151 Å². The first-order valence-electron chi connectivity index (χ1n) is 8.83. The number of nitrogens with zero attached hydrogens (tertiary/aromatic N) is 1. The van der Waals surface area contributed by atoms with Crippen LogP contribution in [-0.4, -0.2) is 30.0 Å². The zero-order valence-electron chi connectivity index (χ0n) is 14.6. The lowest BCUT2D eigenvalue weighted by Crippen LogP contribution is -2.48. The van der Waals surface area contributed by atoms with Crippen molar-refractivity contribution in [3.05, 3.63) is 33.9 Å². The van der Waals surface area contributed by atoms with E-state index in [9.17, 15) is 19.7 Å². The van der Waals surface area contributed by atoms with Crippen LogP contribution in [0.15, 0.2) is 18.2 Å². The number of fused-ring (bicyclic) bond motifs is 2. The first kappa shape index (κ1) is 18.3. The summed E-state index contributed by atoms with van der Waals surface area (Å²) in [7, 11) is 1.20. The number of benzene rings is 1. The van der Waals surface area contributed by atoms with Crippen LogP contribution in [0.2, 0.25) is 0 Å². The summed E-state index contributed by atoms with van der Waals surface area (Å²) in [6, 6.07) is 3.94. The minimum Gasteiger partial charge on any atom is -0.465 e. The summed E-state index contributed by atoms with van der Waals surface area (Å²) in [6.07, 6.45) is 4.73. The van der Waals surface area contributed by atoms with Gasteiger partial charge in [-0.2, -0.15) is 0 Å². The number of nitro benzene ring substituents is 1. The second-order valence-corrected chi connectivity index (χ2v) is 7.20. The molecule has 2 unspecified atom stereocenters. The summed E-state index contributed by atoms with van der Waals surface area (Å²) in [5.74, 6) is -0.318. The molecule has 2 aliphatic carbocycles. The molecule has 3 rings (SSSR count). The molecule has 1 amide bonds. The number of nitrogens with one attached hydrogen (secondary N) is 1. The van der Waals surface area contributed by atoms with Gasteiger partial charge in [-0.25, -0.2) is 4.79 Å². The van der Waals surface area contributed by atoms with E-state index in [0.29, 0.717) is 11.8 Å². The Bertz CT molecular complexity index is 722. The van der Waals surface area contributed by atoms with Gasteiger partial charge in [-0.15, -0.1) is 0 Å². The van der Waals surface area contributed by atoms with Crippen LogP contribution in [0.3, 0.4) is 0 Å². The number of esters is 1. The lowest BCUT2D eigenvalue weighted by molar-refractivity contribution is -0.384. The predicted molar refractivity (Wildman–Crippen MR) is 94.6 cm³/mol. The van der Waals surface area contributed by atoms with Crippen molar-refractivity contribution in [2.24, 2.45) is 23.5 Å². The number of nitrogens with two attached hydrogens (primary N) is 1. The summed E-state index contributed by atoms with van der Waals surface area (Å²) in [4.78, 5) is 34.9. The zero-order chi connectivity index (χ0) is 18.8. The molecule has 0 aromatic heterocycles. The molecule has 26 heavy (non-hydrogen) atoms. The van der Waals surface area contributed by atoms with Crippen LogP contribution in [-0.2, 0) is 9.53 Å². The molecule has 1 aromatic carbocycles. The van der Waals surface area contributed by atoms with E-state index in [0.717, 1.165) is 38.2 Å². The molecule has 2 fully saturated rings. The third-order valence-corrected chi connectivity index (χ3v) is 5.60. The van der Waals surface area contributed by atoms with E-state index in [1.807, 2.05) is 0 Å². The Balaban J connectivity index is 1.77. The van der Waals surface area contributed by atoms with E-state index in [1.165, 1.54) is 19.2 Å². The fourth-order valence-corrected chi connectivity index (χ4v) is 4.27. The Morgan fingerprint density at radius 1 is 1.23 bits per heavy atom. The van der Waals surface area contributed by atoms with E-state index < -0.39 is 10.9 Å². The summed E-state index contributed by atoms with van der Waals surface area (Å²) >= 11 is 0. The molecule has 3 N–H and O–H groups in total. The topological polar surface area (TPSA) is 125 Å². The highest BCUT2D eigenvalue weighted by Gasteiger charge is 2.40. The third-order valence-electron chi connectivity index (χ3n) is 5.60. The monoisotopic (exact) mass is 361 g/mol. The van der Waals surface area contributed by atoms with Crippen molar-refractivity contribution in [3.8, 4) is 0 Å². The van der Waals surface area contributed by atoms with Crippen LogP contribution in [0, 0.1) is 27.9 Å². The molecule has 0 heterocycles. The summed E-state index contributed by atoms with van der Waals surface area (Å²) in [5, 5.41) is 13.8. The molecule has 2 aliphatic rings. The number of carbonyl (C=O) groups excluding carboxylic acids is 2. The fourth-order valence-electron chi connectivity index (χ4n) is 4.27. The van der Waals surface area contributed by atoms with Gasteiger partial charge in [0, 0.05) is 29.8 Å². The Morgan fingerprint density at radius 3 is 2.46 bits per heavy atom. The molecule has 8 nitrogen and oxygen atoms in total. The van der Waals surface area contributed by atoms with E-state index in [-0.39, 0.29) is 34.8 Å². The minimum atomic E-state index is -0.692. The Hall–Kier alpha value is -2.48. The second kappa shape index (κ2) is 7.41. The molecule has 0 saturated heterocycles. The van der Waals surface area contributed by atoms with Crippen molar-refractivity contribution in [2.75, 3.05) is 12.4 Å².